The van der Waals surface area contributed by atoms with Crippen molar-refractivity contribution in [1.29, 1.82) is 0 Å². The Bertz CT molecular complexity index is 564. The van der Waals surface area contributed by atoms with E-state index in [1.54, 1.807) is 30.3 Å². The summed E-state index contributed by atoms with van der Waals surface area (Å²) in [6, 6.07) is 4.02. The summed E-state index contributed by atoms with van der Waals surface area (Å²) >= 11 is 2.91. The quantitative estimate of drug-likeness (QED) is 0.910. The van der Waals surface area contributed by atoms with E-state index < -0.39 is 0 Å². The maximum absolute atomic E-state index is 12.4. The summed E-state index contributed by atoms with van der Waals surface area (Å²) in [5.41, 5.74) is 5.79. The average molecular weight is 296 g/mol. The lowest BCUT2D eigenvalue weighted by Crippen LogP contribution is -2.29. The van der Waals surface area contributed by atoms with E-state index in [1.807, 2.05) is 24.4 Å². The Morgan fingerprint density at radius 1 is 1.58 bits per heavy atom. The summed E-state index contributed by atoms with van der Waals surface area (Å²) in [7, 11) is 3.54. The molecule has 0 bridgehead atoms. The highest BCUT2D eigenvalue weighted by atomic mass is 32.1. The van der Waals surface area contributed by atoms with Crippen LogP contribution in [0.25, 0.3) is 0 Å². The topological polar surface area (TPSA) is 71.2 Å². The monoisotopic (exact) mass is 296 g/mol. The molecule has 0 fully saturated rings. The Balaban J connectivity index is 2.21. The van der Waals surface area contributed by atoms with Crippen LogP contribution in [0.5, 0.6) is 0 Å². The number of nitrogens with one attached hydrogen (secondary N) is 1. The van der Waals surface area contributed by atoms with Gasteiger partial charge in [0.2, 0.25) is 0 Å². The van der Waals surface area contributed by atoms with Crippen LogP contribution in [0.1, 0.15) is 27.5 Å². The van der Waals surface area contributed by atoms with Gasteiger partial charge in [-0.2, -0.15) is 0 Å². The number of thiophene rings is 1. The summed E-state index contributed by atoms with van der Waals surface area (Å²) in [5, 5.41) is 5.55. The molecule has 19 heavy (non-hydrogen) atoms. The number of nitrogens with zero attached hydrogens (tertiary/aromatic N) is 2. The van der Waals surface area contributed by atoms with Crippen LogP contribution in [0.4, 0.5) is 10.9 Å². The van der Waals surface area contributed by atoms with Gasteiger partial charge in [-0.15, -0.1) is 11.3 Å². The van der Waals surface area contributed by atoms with Gasteiger partial charge in [-0.1, -0.05) is 17.4 Å². The molecule has 0 aliphatic carbocycles. The molecule has 102 valence electrons. The molecule has 0 spiro atoms. The van der Waals surface area contributed by atoms with Gasteiger partial charge in [-0.25, -0.2) is 4.98 Å². The van der Waals surface area contributed by atoms with E-state index in [0.717, 1.165) is 4.88 Å². The number of hydrogen-bond donors (Lipinski definition) is 2. The molecule has 1 amide bonds. The fourth-order valence-corrected chi connectivity index (χ4v) is 3.30. The van der Waals surface area contributed by atoms with E-state index in [-0.39, 0.29) is 17.8 Å². The molecule has 0 aliphatic heterocycles. The first-order chi connectivity index (χ1) is 9.04. The number of hydrogen-bond acceptors (Lipinski definition) is 6. The number of nitrogen functional groups attached to an aromatic ring is 1. The molecule has 1 unspecified atom stereocenters. The molecular formula is C12H16N4OS2. The second-order valence-electron chi connectivity index (χ2n) is 4.09. The maximum Gasteiger partial charge on any atom is 0.268 e. The molecule has 2 aromatic rings. The molecule has 5 nitrogen and oxygen atoms in total. The van der Waals surface area contributed by atoms with Gasteiger partial charge >= 0.3 is 0 Å². The van der Waals surface area contributed by atoms with Crippen molar-refractivity contribution in [2.24, 2.45) is 0 Å². The number of amides is 1. The zero-order valence-electron chi connectivity index (χ0n) is 11.0. The molecule has 0 aromatic carbocycles. The number of aromatic nitrogens is 1. The van der Waals surface area contributed by atoms with E-state index in [9.17, 15) is 4.79 Å². The molecule has 0 radical (unpaired) electrons. The molecule has 2 heterocycles. The third-order valence-corrected chi connectivity index (χ3v) is 5.04. The molecular weight excluding hydrogens is 280 g/mol. The van der Waals surface area contributed by atoms with Crippen LogP contribution in [-0.2, 0) is 0 Å². The zero-order chi connectivity index (χ0) is 14.0. The van der Waals surface area contributed by atoms with Crippen LogP contribution in [0.15, 0.2) is 17.5 Å². The van der Waals surface area contributed by atoms with Crippen LogP contribution < -0.4 is 11.1 Å². The zero-order valence-corrected chi connectivity index (χ0v) is 12.6. The van der Waals surface area contributed by atoms with Gasteiger partial charge in [0.25, 0.3) is 5.91 Å². The van der Waals surface area contributed by atoms with Gasteiger partial charge in [-0.3, -0.25) is 4.79 Å². The Kier molecular flexibility index (Phi) is 4.06. The van der Waals surface area contributed by atoms with Crippen molar-refractivity contribution in [3.63, 3.8) is 0 Å². The highest BCUT2D eigenvalue weighted by Crippen LogP contribution is 2.29. The first kappa shape index (κ1) is 13.8. The predicted molar refractivity (Wildman–Crippen MR) is 80.9 cm³/mol. The second-order valence-corrected chi connectivity index (χ2v) is 6.07. The summed E-state index contributed by atoms with van der Waals surface area (Å²) < 4.78 is 0. The number of nitrogens with two attached hydrogens (primary N) is 1. The third-order valence-electron chi connectivity index (χ3n) is 2.92. The Morgan fingerprint density at radius 2 is 2.32 bits per heavy atom. The molecule has 3 N–H and O–H groups in total. The Labute approximate surface area is 120 Å². The number of carbonyl (C=O) groups is 1. The second kappa shape index (κ2) is 5.58. The standard InChI is InChI=1S/C12H16N4OS2/c1-7(8-5-4-6-18-8)16(3)11(17)9-10(13)15-12(14-2)19-9/h4-7H,13H2,1-3H3,(H,14,15). The Morgan fingerprint density at radius 3 is 2.84 bits per heavy atom. The van der Waals surface area contributed by atoms with Crippen molar-refractivity contribution in [2.75, 3.05) is 25.1 Å². The normalized spacial score (nSPS) is 12.2. The minimum atomic E-state index is -0.0996. The highest BCUT2D eigenvalue weighted by molar-refractivity contribution is 7.18. The van der Waals surface area contributed by atoms with E-state index >= 15 is 0 Å². The molecule has 2 aromatic heterocycles. The predicted octanol–water partition coefficient (Wildman–Crippen LogP) is 2.66. The lowest BCUT2D eigenvalue weighted by Gasteiger charge is -2.23. The fourth-order valence-electron chi connectivity index (χ4n) is 1.65. The van der Waals surface area contributed by atoms with E-state index in [4.69, 9.17) is 5.73 Å². The third kappa shape index (κ3) is 2.71. The first-order valence-corrected chi connectivity index (χ1v) is 7.48. The molecule has 7 heteroatoms. The van der Waals surface area contributed by atoms with E-state index in [1.165, 1.54) is 11.3 Å². The molecule has 0 saturated heterocycles. The smallest absolute Gasteiger partial charge is 0.268 e. The van der Waals surface area contributed by atoms with Gasteiger partial charge in [0, 0.05) is 19.0 Å². The minimum absolute atomic E-state index is 0.0204. The average Bonchev–Trinajstić information content (AvgIpc) is 3.05. The van der Waals surface area contributed by atoms with Crippen LogP contribution in [0.3, 0.4) is 0 Å². The number of anilines is 2. The lowest BCUT2D eigenvalue weighted by atomic mass is 10.2. The minimum Gasteiger partial charge on any atom is -0.382 e. The van der Waals surface area contributed by atoms with Gasteiger partial charge in [-0.05, 0) is 18.4 Å². The van der Waals surface area contributed by atoms with E-state index in [2.05, 4.69) is 10.3 Å². The summed E-state index contributed by atoms with van der Waals surface area (Å²) in [6.45, 7) is 2.00. The van der Waals surface area contributed by atoms with Crippen molar-refractivity contribution in [3.05, 3.63) is 27.3 Å². The van der Waals surface area contributed by atoms with Crippen LogP contribution in [0.2, 0.25) is 0 Å². The molecule has 2 rings (SSSR count). The van der Waals surface area contributed by atoms with Crippen molar-refractivity contribution < 1.29 is 4.79 Å². The van der Waals surface area contributed by atoms with Crippen LogP contribution >= 0.6 is 22.7 Å². The molecule has 0 saturated carbocycles. The number of rotatable bonds is 4. The van der Waals surface area contributed by atoms with Crippen molar-refractivity contribution in [3.8, 4) is 0 Å². The van der Waals surface area contributed by atoms with Crippen LogP contribution in [0, 0.1) is 0 Å². The molecule has 1 atom stereocenters. The van der Waals surface area contributed by atoms with Gasteiger partial charge in [0.1, 0.15) is 10.7 Å². The van der Waals surface area contributed by atoms with Gasteiger partial charge in [0.15, 0.2) is 5.13 Å². The highest BCUT2D eigenvalue weighted by Gasteiger charge is 2.24. The summed E-state index contributed by atoms with van der Waals surface area (Å²) in [5.74, 6) is 0.182. The Hall–Kier alpha value is -1.60. The molecule has 0 aliphatic rings. The van der Waals surface area contributed by atoms with Crippen molar-refractivity contribution in [2.45, 2.75) is 13.0 Å². The van der Waals surface area contributed by atoms with Gasteiger partial charge in [0.05, 0.1) is 6.04 Å². The van der Waals surface area contributed by atoms with Crippen LogP contribution in [-0.4, -0.2) is 29.9 Å². The first-order valence-electron chi connectivity index (χ1n) is 5.79. The maximum atomic E-state index is 12.4. The lowest BCUT2D eigenvalue weighted by molar-refractivity contribution is 0.0750. The fraction of sp³-hybridized carbons (Fsp3) is 0.333. The number of thiazole rings is 1. The largest absolute Gasteiger partial charge is 0.382 e. The summed E-state index contributed by atoms with van der Waals surface area (Å²) in [6.07, 6.45) is 0. The van der Waals surface area contributed by atoms with Gasteiger partial charge < -0.3 is 16.0 Å². The SMILES string of the molecule is CNc1nc(N)c(C(=O)N(C)C(C)c2cccs2)s1. The van der Waals surface area contributed by atoms with Crippen molar-refractivity contribution in [1.82, 2.24) is 9.88 Å². The van der Waals surface area contributed by atoms with E-state index in [0.29, 0.717) is 10.0 Å². The van der Waals surface area contributed by atoms with Crippen molar-refractivity contribution >= 4 is 39.5 Å². The number of carbonyl (C=O) groups excluding carboxylic acids is 1. The summed E-state index contributed by atoms with van der Waals surface area (Å²) in [4.78, 5) is 19.8.